The van der Waals surface area contributed by atoms with Gasteiger partial charge < -0.3 is 10.7 Å². The molecule has 0 spiro atoms. The molecule has 2 heterocycles. The molecule has 0 unspecified atom stereocenters. The second kappa shape index (κ2) is 3.97. The summed E-state index contributed by atoms with van der Waals surface area (Å²) in [6, 6.07) is 1.36. The molecule has 0 fully saturated rings. The fourth-order valence-corrected chi connectivity index (χ4v) is 1.16. The zero-order valence-corrected chi connectivity index (χ0v) is 7.84. The summed E-state index contributed by atoms with van der Waals surface area (Å²) in [5, 5.41) is 0. The van der Waals surface area contributed by atoms with E-state index in [1.54, 1.807) is 6.20 Å². The van der Waals surface area contributed by atoms with Gasteiger partial charge in [0.1, 0.15) is 5.69 Å². The molecule has 2 aromatic heterocycles. The largest absolute Gasteiger partial charge is 0.325 e. The van der Waals surface area contributed by atoms with Crippen LogP contribution in [0.25, 0.3) is 11.5 Å². The number of aromatic nitrogens is 4. The van der Waals surface area contributed by atoms with Gasteiger partial charge in [-0.05, 0) is 0 Å². The van der Waals surface area contributed by atoms with Crippen LogP contribution in [0.3, 0.4) is 0 Å². The van der Waals surface area contributed by atoms with Crippen LogP contribution in [0.4, 0.5) is 0 Å². The standard InChI is InChI=1S/C9H9N5O/c10-4-6-3-8(15)14-9(13-6)7-5-11-1-2-12-7/h1-3,5H,4,10H2,(H,13,14,15). The van der Waals surface area contributed by atoms with Crippen molar-refractivity contribution in [1.29, 1.82) is 0 Å². The highest BCUT2D eigenvalue weighted by Gasteiger charge is 2.03. The molecule has 0 saturated heterocycles. The molecule has 0 radical (unpaired) electrons. The van der Waals surface area contributed by atoms with Gasteiger partial charge in [0.05, 0.1) is 11.9 Å². The molecule has 0 amide bonds. The smallest absolute Gasteiger partial charge is 0.251 e. The molecule has 2 aromatic rings. The Bertz CT molecular complexity index is 507. The lowest BCUT2D eigenvalue weighted by Crippen LogP contribution is -2.13. The Morgan fingerprint density at radius 2 is 2.27 bits per heavy atom. The van der Waals surface area contributed by atoms with E-state index in [0.29, 0.717) is 17.2 Å². The molecule has 0 atom stereocenters. The van der Waals surface area contributed by atoms with Crippen LogP contribution in [0.15, 0.2) is 29.5 Å². The lowest BCUT2D eigenvalue weighted by Gasteiger charge is -2.00. The maximum absolute atomic E-state index is 11.2. The molecule has 0 aliphatic rings. The van der Waals surface area contributed by atoms with Crippen molar-refractivity contribution in [2.45, 2.75) is 6.54 Å². The van der Waals surface area contributed by atoms with E-state index >= 15 is 0 Å². The van der Waals surface area contributed by atoms with Crippen LogP contribution in [0.2, 0.25) is 0 Å². The van der Waals surface area contributed by atoms with E-state index in [0.717, 1.165) is 0 Å². The molecule has 6 heteroatoms. The predicted molar refractivity (Wildman–Crippen MR) is 53.8 cm³/mol. The van der Waals surface area contributed by atoms with Crippen LogP contribution in [-0.2, 0) is 6.54 Å². The predicted octanol–water partition coefficient (Wildman–Crippen LogP) is -0.314. The second-order valence-electron chi connectivity index (χ2n) is 2.88. The third-order valence-electron chi connectivity index (χ3n) is 1.81. The molecule has 0 bridgehead atoms. The molecule has 0 saturated carbocycles. The van der Waals surface area contributed by atoms with E-state index in [1.165, 1.54) is 18.5 Å². The molecule has 15 heavy (non-hydrogen) atoms. The van der Waals surface area contributed by atoms with E-state index < -0.39 is 0 Å². The van der Waals surface area contributed by atoms with E-state index in [1.807, 2.05) is 0 Å². The maximum atomic E-state index is 11.2. The summed E-state index contributed by atoms with van der Waals surface area (Å²) >= 11 is 0. The van der Waals surface area contributed by atoms with Gasteiger partial charge in [-0.25, -0.2) is 9.97 Å². The first-order valence-corrected chi connectivity index (χ1v) is 4.36. The maximum Gasteiger partial charge on any atom is 0.251 e. The third kappa shape index (κ3) is 2.05. The Morgan fingerprint density at radius 1 is 1.40 bits per heavy atom. The van der Waals surface area contributed by atoms with E-state index in [2.05, 4.69) is 19.9 Å². The Morgan fingerprint density at radius 3 is 2.93 bits per heavy atom. The fraction of sp³-hybridized carbons (Fsp3) is 0.111. The first-order chi connectivity index (χ1) is 7.29. The summed E-state index contributed by atoms with van der Waals surface area (Å²) in [6.07, 6.45) is 4.61. The summed E-state index contributed by atoms with van der Waals surface area (Å²) in [5.41, 5.74) is 6.22. The normalized spacial score (nSPS) is 10.2. The number of rotatable bonds is 2. The van der Waals surface area contributed by atoms with Gasteiger partial charge in [-0.1, -0.05) is 0 Å². The van der Waals surface area contributed by atoms with Crippen LogP contribution in [0.1, 0.15) is 5.69 Å². The van der Waals surface area contributed by atoms with Crippen molar-refractivity contribution in [1.82, 2.24) is 19.9 Å². The third-order valence-corrected chi connectivity index (χ3v) is 1.81. The average molecular weight is 203 g/mol. The van der Waals surface area contributed by atoms with E-state index in [-0.39, 0.29) is 12.1 Å². The van der Waals surface area contributed by atoms with Crippen LogP contribution in [0.5, 0.6) is 0 Å². The summed E-state index contributed by atoms with van der Waals surface area (Å²) in [5.74, 6) is 0.385. The van der Waals surface area contributed by atoms with E-state index in [4.69, 9.17) is 5.73 Å². The second-order valence-corrected chi connectivity index (χ2v) is 2.88. The van der Waals surface area contributed by atoms with Gasteiger partial charge in [0, 0.05) is 25.0 Å². The van der Waals surface area contributed by atoms with Crippen molar-refractivity contribution < 1.29 is 0 Å². The quantitative estimate of drug-likeness (QED) is 0.697. The van der Waals surface area contributed by atoms with Crippen molar-refractivity contribution in [3.05, 3.63) is 40.7 Å². The van der Waals surface area contributed by atoms with Crippen molar-refractivity contribution in [3.8, 4) is 11.5 Å². The lowest BCUT2D eigenvalue weighted by molar-refractivity contribution is 0.949. The number of H-pyrrole nitrogens is 1. The SMILES string of the molecule is NCc1cc(=O)[nH]c(-c2cnccn2)n1. The summed E-state index contributed by atoms with van der Waals surface area (Å²) in [6.45, 7) is 0.219. The monoisotopic (exact) mass is 203 g/mol. The van der Waals surface area contributed by atoms with Gasteiger partial charge >= 0.3 is 0 Å². The van der Waals surface area contributed by atoms with Crippen molar-refractivity contribution in [2.24, 2.45) is 5.73 Å². The lowest BCUT2D eigenvalue weighted by atomic mass is 10.3. The molecule has 2 rings (SSSR count). The minimum absolute atomic E-state index is 0.219. The first-order valence-electron chi connectivity index (χ1n) is 4.36. The average Bonchev–Trinajstić information content (AvgIpc) is 2.29. The fourth-order valence-electron chi connectivity index (χ4n) is 1.16. The van der Waals surface area contributed by atoms with E-state index in [9.17, 15) is 4.79 Å². The number of nitrogens with one attached hydrogen (secondary N) is 1. The minimum atomic E-state index is -0.244. The highest BCUT2D eigenvalue weighted by Crippen LogP contribution is 2.06. The first kappa shape index (κ1) is 9.47. The molecule has 0 aliphatic heterocycles. The Labute approximate surface area is 85.2 Å². The number of aromatic amines is 1. The topological polar surface area (TPSA) is 97.6 Å². The number of hydrogen-bond donors (Lipinski definition) is 2. The van der Waals surface area contributed by atoms with Crippen molar-refractivity contribution in [2.75, 3.05) is 0 Å². The Balaban J connectivity index is 2.54. The van der Waals surface area contributed by atoms with Crippen LogP contribution < -0.4 is 11.3 Å². The molecule has 0 aliphatic carbocycles. The molecule has 3 N–H and O–H groups in total. The molecule has 0 aromatic carbocycles. The number of nitrogens with zero attached hydrogens (tertiary/aromatic N) is 3. The van der Waals surface area contributed by atoms with Crippen LogP contribution in [0, 0.1) is 0 Å². The zero-order valence-electron chi connectivity index (χ0n) is 7.84. The van der Waals surface area contributed by atoms with Crippen molar-refractivity contribution in [3.63, 3.8) is 0 Å². The van der Waals surface area contributed by atoms with Gasteiger partial charge in [-0.15, -0.1) is 0 Å². The minimum Gasteiger partial charge on any atom is -0.325 e. The summed E-state index contributed by atoms with van der Waals surface area (Å²) < 4.78 is 0. The Hall–Kier alpha value is -2.08. The van der Waals surface area contributed by atoms with Crippen molar-refractivity contribution >= 4 is 0 Å². The zero-order chi connectivity index (χ0) is 10.7. The Kier molecular flexibility index (Phi) is 2.51. The highest BCUT2D eigenvalue weighted by molar-refractivity contribution is 5.46. The van der Waals surface area contributed by atoms with Gasteiger partial charge in [0.25, 0.3) is 5.56 Å². The van der Waals surface area contributed by atoms with Gasteiger partial charge in [-0.2, -0.15) is 0 Å². The van der Waals surface area contributed by atoms with Gasteiger partial charge in [-0.3, -0.25) is 9.78 Å². The van der Waals surface area contributed by atoms with Crippen LogP contribution >= 0.6 is 0 Å². The van der Waals surface area contributed by atoms with Gasteiger partial charge in [0.2, 0.25) is 0 Å². The van der Waals surface area contributed by atoms with Crippen LogP contribution in [-0.4, -0.2) is 19.9 Å². The number of nitrogens with two attached hydrogens (primary N) is 1. The molecule has 6 nitrogen and oxygen atoms in total. The van der Waals surface area contributed by atoms with Gasteiger partial charge in [0.15, 0.2) is 5.82 Å². The molecular formula is C9H9N5O. The summed E-state index contributed by atoms with van der Waals surface area (Å²) in [7, 11) is 0. The molecular weight excluding hydrogens is 194 g/mol. The highest BCUT2D eigenvalue weighted by atomic mass is 16.1. The summed E-state index contributed by atoms with van der Waals surface area (Å²) in [4.78, 5) is 25.9. The number of hydrogen-bond acceptors (Lipinski definition) is 5. The molecule has 76 valence electrons.